The predicted octanol–water partition coefficient (Wildman–Crippen LogP) is 1.86. The van der Waals surface area contributed by atoms with E-state index in [0.29, 0.717) is 5.82 Å². The minimum absolute atomic E-state index is 0. The van der Waals surface area contributed by atoms with Gasteiger partial charge in [0.05, 0.1) is 11.2 Å². The highest BCUT2D eigenvalue weighted by Crippen LogP contribution is 2.25. The molecule has 1 aliphatic heterocycles. The lowest BCUT2D eigenvalue weighted by atomic mass is 9.93. The Bertz CT molecular complexity index is 680. The fourth-order valence-corrected chi connectivity index (χ4v) is 2.90. The Morgan fingerprint density at radius 1 is 1.48 bits per heavy atom. The minimum atomic E-state index is -0.444. The lowest BCUT2D eigenvalue weighted by molar-refractivity contribution is -0.122. The van der Waals surface area contributed by atoms with Crippen LogP contribution in [-0.2, 0) is 4.79 Å². The van der Waals surface area contributed by atoms with Crippen LogP contribution in [0.3, 0.4) is 0 Å². The number of aryl methyl sites for hydroxylation is 1. The van der Waals surface area contributed by atoms with Gasteiger partial charge >= 0.3 is 0 Å². The molecule has 124 valence electrons. The Hall–Kier alpha value is -1.99. The Kier molecular flexibility index (Phi) is 5.33. The van der Waals surface area contributed by atoms with Gasteiger partial charge < -0.3 is 10.6 Å². The van der Waals surface area contributed by atoms with E-state index in [1.54, 1.807) is 4.68 Å². The second kappa shape index (κ2) is 7.06. The molecule has 7 nitrogen and oxygen atoms in total. The number of nitrogens with one attached hydrogen (secondary N) is 2. The van der Waals surface area contributed by atoms with Crippen LogP contribution in [0.4, 0.5) is 5.69 Å². The van der Waals surface area contributed by atoms with Crippen molar-refractivity contribution in [2.45, 2.75) is 38.6 Å². The number of hydrogen-bond acceptors (Lipinski definition) is 5. The topological polar surface area (TPSA) is 84.7 Å². The number of amides is 1. The fourth-order valence-electron chi connectivity index (χ4n) is 2.90. The molecule has 0 aliphatic carbocycles. The van der Waals surface area contributed by atoms with Crippen molar-refractivity contribution in [2.75, 3.05) is 11.9 Å². The van der Waals surface area contributed by atoms with Crippen molar-refractivity contribution < 1.29 is 4.79 Å². The lowest BCUT2D eigenvalue weighted by Crippen LogP contribution is -2.50. The third-order valence-electron chi connectivity index (χ3n) is 4.26. The van der Waals surface area contributed by atoms with Gasteiger partial charge in [-0.05, 0) is 61.4 Å². The van der Waals surface area contributed by atoms with Gasteiger partial charge in [0.2, 0.25) is 5.91 Å². The third-order valence-corrected chi connectivity index (χ3v) is 4.26. The maximum Gasteiger partial charge on any atom is 0.244 e. The second-order valence-electron chi connectivity index (χ2n) is 5.61. The van der Waals surface area contributed by atoms with Gasteiger partial charge in [0.15, 0.2) is 5.82 Å². The Balaban J connectivity index is 0.00000192. The molecular weight excluding hydrogens is 316 g/mol. The van der Waals surface area contributed by atoms with Crippen molar-refractivity contribution in [3.05, 3.63) is 30.1 Å². The highest BCUT2D eigenvalue weighted by molar-refractivity contribution is 5.98. The Morgan fingerprint density at radius 3 is 2.91 bits per heavy atom. The molecule has 0 spiro atoms. The molecule has 1 unspecified atom stereocenters. The molecule has 1 atom stereocenters. The summed E-state index contributed by atoms with van der Waals surface area (Å²) in [5.41, 5.74) is 1.13. The predicted molar refractivity (Wildman–Crippen MR) is 90.0 cm³/mol. The van der Waals surface area contributed by atoms with E-state index in [1.807, 2.05) is 38.1 Å². The van der Waals surface area contributed by atoms with Gasteiger partial charge in [-0.2, -0.15) is 4.68 Å². The molecule has 1 fully saturated rings. The molecule has 1 aromatic heterocycles. The van der Waals surface area contributed by atoms with Crippen LogP contribution in [0.2, 0.25) is 0 Å². The van der Waals surface area contributed by atoms with Gasteiger partial charge in [0.25, 0.3) is 0 Å². The average molecular weight is 337 g/mol. The van der Waals surface area contributed by atoms with Gasteiger partial charge in [0.1, 0.15) is 0 Å². The molecule has 1 saturated heterocycles. The van der Waals surface area contributed by atoms with Gasteiger partial charge in [0, 0.05) is 5.69 Å². The molecular formula is C15H21ClN6O. The quantitative estimate of drug-likeness (QED) is 0.890. The lowest BCUT2D eigenvalue weighted by Gasteiger charge is -2.26. The highest BCUT2D eigenvalue weighted by Gasteiger charge is 2.39. The van der Waals surface area contributed by atoms with E-state index in [1.165, 1.54) is 0 Å². The van der Waals surface area contributed by atoms with Crippen molar-refractivity contribution in [3.8, 4) is 5.69 Å². The SMILES string of the molecule is CCC1(C(=O)Nc2cccc(-n3nnnc3C)c2)CCCN1.Cl. The minimum Gasteiger partial charge on any atom is -0.324 e. The van der Waals surface area contributed by atoms with E-state index in [0.717, 1.165) is 37.2 Å². The fraction of sp³-hybridized carbons (Fsp3) is 0.467. The molecule has 8 heteroatoms. The highest BCUT2D eigenvalue weighted by atomic mass is 35.5. The normalized spacial score (nSPS) is 20.1. The summed E-state index contributed by atoms with van der Waals surface area (Å²) in [4.78, 5) is 12.6. The van der Waals surface area contributed by atoms with Crippen molar-refractivity contribution in [3.63, 3.8) is 0 Å². The molecule has 1 aromatic carbocycles. The van der Waals surface area contributed by atoms with Gasteiger partial charge in [-0.3, -0.25) is 4.79 Å². The van der Waals surface area contributed by atoms with Gasteiger partial charge in [-0.25, -0.2) is 0 Å². The van der Waals surface area contributed by atoms with Crippen molar-refractivity contribution in [1.29, 1.82) is 0 Å². The molecule has 0 bridgehead atoms. The third kappa shape index (κ3) is 3.35. The molecule has 2 N–H and O–H groups in total. The van der Waals surface area contributed by atoms with E-state index < -0.39 is 5.54 Å². The average Bonchev–Trinajstić information content (AvgIpc) is 3.17. The Labute approximate surface area is 141 Å². The number of halogens is 1. The van der Waals surface area contributed by atoms with Crippen LogP contribution in [0.1, 0.15) is 32.0 Å². The molecule has 0 radical (unpaired) electrons. The van der Waals surface area contributed by atoms with E-state index in [-0.39, 0.29) is 18.3 Å². The number of carbonyl (C=O) groups is 1. The number of anilines is 1. The number of carbonyl (C=O) groups excluding carboxylic acids is 1. The zero-order chi connectivity index (χ0) is 15.6. The first-order valence-corrected chi connectivity index (χ1v) is 7.56. The number of aromatic nitrogens is 4. The van der Waals surface area contributed by atoms with Crippen LogP contribution < -0.4 is 10.6 Å². The monoisotopic (exact) mass is 336 g/mol. The van der Waals surface area contributed by atoms with E-state index in [4.69, 9.17) is 0 Å². The summed E-state index contributed by atoms with van der Waals surface area (Å²) in [6, 6.07) is 7.54. The summed E-state index contributed by atoms with van der Waals surface area (Å²) in [6.07, 6.45) is 2.69. The zero-order valence-corrected chi connectivity index (χ0v) is 14.1. The van der Waals surface area contributed by atoms with Crippen molar-refractivity contribution in [2.24, 2.45) is 0 Å². The molecule has 3 rings (SSSR count). The molecule has 2 aromatic rings. The van der Waals surface area contributed by atoms with Gasteiger partial charge in [-0.15, -0.1) is 17.5 Å². The van der Waals surface area contributed by atoms with Gasteiger partial charge in [-0.1, -0.05) is 13.0 Å². The standard InChI is InChI=1S/C15H20N6O.ClH/c1-3-15(8-5-9-16-15)14(22)17-12-6-4-7-13(10-12)21-11(2)18-19-20-21;/h4,6-7,10,16H,3,5,8-9H2,1-2H3,(H,17,22);1H. The first-order chi connectivity index (χ1) is 10.6. The number of hydrogen-bond donors (Lipinski definition) is 2. The molecule has 2 heterocycles. The first kappa shape index (κ1) is 17.4. The van der Waals surface area contributed by atoms with Crippen LogP contribution in [-0.4, -0.2) is 38.2 Å². The van der Waals surface area contributed by atoms with Crippen LogP contribution in [0.25, 0.3) is 5.69 Å². The smallest absolute Gasteiger partial charge is 0.244 e. The maximum atomic E-state index is 12.6. The molecule has 23 heavy (non-hydrogen) atoms. The molecule has 1 aliphatic rings. The largest absolute Gasteiger partial charge is 0.324 e. The van der Waals surface area contributed by atoms with E-state index >= 15 is 0 Å². The summed E-state index contributed by atoms with van der Waals surface area (Å²) >= 11 is 0. The van der Waals surface area contributed by atoms with E-state index in [2.05, 4.69) is 26.2 Å². The van der Waals surface area contributed by atoms with Crippen LogP contribution in [0.5, 0.6) is 0 Å². The number of rotatable bonds is 4. The summed E-state index contributed by atoms with van der Waals surface area (Å²) in [7, 11) is 0. The second-order valence-corrected chi connectivity index (χ2v) is 5.61. The zero-order valence-electron chi connectivity index (χ0n) is 13.2. The van der Waals surface area contributed by atoms with Crippen LogP contribution in [0.15, 0.2) is 24.3 Å². The summed E-state index contributed by atoms with van der Waals surface area (Å²) < 4.78 is 1.64. The Morgan fingerprint density at radius 2 is 2.30 bits per heavy atom. The van der Waals surface area contributed by atoms with Crippen molar-refractivity contribution >= 4 is 24.0 Å². The summed E-state index contributed by atoms with van der Waals surface area (Å²) in [6.45, 7) is 4.77. The summed E-state index contributed by atoms with van der Waals surface area (Å²) in [5.74, 6) is 0.726. The molecule has 1 amide bonds. The first-order valence-electron chi connectivity index (χ1n) is 7.56. The molecule has 0 saturated carbocycles. The number of nitrogens with zero attached hydrogens (tertiary/aromatic N) is 4. The van der Waals surface area contributed by atoms with Crippen LogP contribution in [0, 0.1) is 6.92 Å². The van der Waals surface area contributed by atoms with Crippen molar-refractivity contribution in [1.82, 2.24) is 25.5 Å². The summed E-state index contributed by atoms with van der Waals surface area (Å²) in [5, 5.41) is 17.8. The number of benzene rings is 1. The van der Waals surface area contributed by atoms with Crippen LogP contribution >= 0.6 is 12.4 Å². The maximum absolute atomic E-state index is 12.6. The van der Waals surface area contributed by atoms with E-state index in [9.17, 15) is 4.79 Å². The number of tetrazole rings is 1.